The molecule has 3 aliphatic carbocycles. The van der Waals surface area contributed by atoms with E-state index in [1.54, 1.807) is 0 Å². The predicted molar refractivity (Wildman–Crippen MR) is 142 cm³/mol. The molecule has 3 unspecified atom stereocenters. The highest BCUT2D eigenvalue weighted by molar-refractivity contribution is 6.24. The first-order valence-corrected chi connectivity index (χ1v) is 13.4. The van der Waals surface area contributed by atoms with E-state index in [0.29, 0.717) is 12.0 Å². The number of aryl methyl sites for hydroxylation is 2. The third-order valence-electron chi connectivity index (χ3n) is 9.93. The van der Waals surface area contributed by atoms with Crippen LogP contribution >= 0.6 is 0 Å². The average molecular weight is 475 g/mol. The average Bonchev–Trinajstić information content (AvgIpc) is 2.75. The van der Waals surface area contributed by atoms with Crippen LogP contribution in [0.5, 0.6) is 0 Å². The van der Waals surface area contributed by atoms with Crippen LogP contribution in [0, 0.1) is 23.2 Å². The molecule has 1 aromatic carbocycles. The number of hydrogen-bond acceptors (Lipinski definition) is 3. The van der Waals surface area contributed by atoms with Crippen LogP contribution in [-0.2, 0) is 28.9 Å². The van der Waals surface area contributed by atoms with Crippen LogP contribution in [0.3, 0.4) is 0 Å². The van der Waals surface area contributed by atoms with Gasteiger partial charge in [-0.25, -0.2) is 0 Å². The van der Waals surface area contributed by atoms with Crippen LogP contribution in [0.2, 0.25) is 0 Å². The first-order chi connectivity index (χ1) is 16.3. The second kappa shape index (κ2) is 8.39. The highest BCUT2D eigenvalue weighted by Gasteiger charge is 2.63. The molecule has 0 aliphatic heterocycles. The van der Waals surface area contributed by atoms with Gasteiger partial charge in [0.1, 0.15) is 0 Å². The molecule has 0 aromatic heterocycles. The molecule has 0 heterocycles. The van der Waals surface area contributed by atoms with E-state index in [1.165, 1.54) is 23.6 Å². The Morgan fingerprint density at radius 3 is 2.23 bits per heavy atom. The van der Waals surface area contributed by atoms with E-state index in [2.05, 4.69) is 40.7 Å². The maximum absolute atomic E-state index is 14.4. The van der Waals surface area contributed by atoms with Gasteiger partial charge in [0.15, 0.2) is 17.3 Å². The molecule has 1 aromatic rings. The molecule has 0 saturated heterocycles. The first-order valence-electron chi connectivity index (χ1n) is 13.4. The largest absolute Gasteiger partial charge is 0.294 e. The Kier molecular flexibility index (Phi) is 6.18. The number of rotatable bonds is 5. The normalized spacial score (nSPS) is 30.3. The van der Waals surface area contributed by atoms with Gasteiger partial charge in [0.2, 0.25) is 0 Å². The van der Waals surface area contributed by atoms with Crippen molar-refractivity contribution >= 4 is 17.3 Å². The summed E-state index contributed by atoms with van der Waals surface area (Å²) >= 11 is 0. The van der Waals surface area contributed by atoms with Gasteiger partial charge in [-0.1, -0.05) is 51.3 Å². The molecule has 0 amide bonds. The number of fused-ring (bicyclic) bond motifs is 3. The van der Waals surface area contributed by atoms with E-state index < -0.39 is 5.41 Å². The van der Waals surface area contributed by atoms with Gasteiger partial charge in [-0.3, -0.25) is 14.4 Å². The zero-order chi connectivity index (χ0) is 26.1. The van der Waals surface area contributed by atoms with Gasteiger partial charge in [-0.2, -0.15) is 0 Å². The van der Waals surface area contributed by atoms with Crippen LogP contribution < -0.4 is 0 Å². The Bertz CT molecular complexity index is 1230. The Morgan fingerprint density at radius 1 is 1.00 bits per heavy atom. The fourth-order valence-corrected chi connectivity index (χ4v) is 8.07. The van der Waals surface area contributed by atoms with Crippen LogP contribution in [0.4, 0.5) is 0 Å². The molecular weight excluding hydrogens is 432 g/mol. The summed E-state index contributed by atoms with van der Waals surface area (Å²) in [5.41, 5.74) is 7.27. The molecule has 3 atom stereocenters. The van der Waals surface area contributed by atoms with Gasteiger partial charge in [-0.05, 0) is 101 Å². The fraction of sp³-hybridized carbons (Fsp3) is 0.594. The topological polar surface area (TPSA) is 51.2 Å². The summed E-state index contributed by atoms with van der Waals surface area (Å²) in [5.74, 6) is -0.140. The molecule has 0 fully saturated rings. The Hall–Kier alpha value is -2.29. The molecule has 0 radical (unpaired) electrons. The SMILES string of the molecule is CCCCc1cc(CC)c(C)c2c1CC1(C)CC3(C)CC(C)=C(C(C)=O)C(=O)C3(C)C(C)=C1C2=O. The van der Waals surface area contributed by atoms with Crippen molar-refractivity contribution in [3.8, 4) is 0 Å². The predicted octanol–water partition coefficient (Wildman–Crippen LogP) is 7.26. The van der Waals surface area contributed by atoms with Gasteiger partial charge < -0.3 is 0 Å². The summed E-state index contributed by atoms with van der Waals surface area (Å²) in [4.78, 5) is 40.9. The van der Waals surface area contributed by atoms with E-state index in [-0.39, 0.29) is 28.2 Å². The summed E-state index contributed by atoms with van der Waals surface area (Å²) in [6.45, 7) is 18.4. The quantitative estimate of drug-likeness (QED) is 0.422. The summed E-state index contributed by atoms with van der Waals surface area (Å²) < 4.78 is 0. The summed E-state index contributed by atoms with van der Waals surface area (Å²) in [7, 11) is 0. The Morgan fingerprint density at radius 2 is 1.66 bits per heavy atom. The molecule has 0 bridgehead atoms. The second-order valence-corrected chi connectivity index (χ2v) is 12.3. The molecular formula is C32H42O3. The third-order valence-corrected chi connectivity index (χ3v) is 9.93. The lowest BCUT2D eigenvalue weighted by Crippen LogP contribution is -2.57. The minimum atomic E-state index is -0.850. The maximum Gasteiger partial charge on any atom is 0.190 e. The molecule has 3 heteroatoms. The van der Waals surface area contributed by atoms with E-state index >= 15 is 0 Å². The van der Waals surface area contributed by atoms with Crippen molar-refractivity contribution in [2.24, 2.45) is 16.2 Å². The number of carbonyl (C=O) groups excluding carboxylic acids is 3. The molecule has 3 aliphatic rings. The fourth-order valence-electron chi connectivity index (χ4n) is 8.07. The molecule has 0 N–H and O–H groups in total. The lowest BCUT2D eigenvalue weighted by atomic mass is 9.42. The van der Waals surface area contributed by atoms with Crippen molar-refractivity contribution in [2.45, 2.75) is 107 Å². The number of unbranched alkanes of at least 4 members (excludes halogenated alkanes) is 1. The van der Waals surface area contributed by atoms with Crippen molar-refractivity contribution in [1.29, 1.82) is 0 Å². The number of allylic oxidation sites excluding steroid dienone is 4. The van der Waals surface area contributed by atoms with E-state index in [0.717, 1.165) is 66.4 Å². The van der Waals surface area contributed by atoms with Gasteiger partial charge in [-0.15, -0.1) is 0 Å². The Labute approximate surface area is 211 Å². The lowest BCUT2D eigenvalue weighted by Gasteiger charge is -2.59. The summed E-state index contributed by atoms with van der Waals surface area (Å²) in [6.07, 6.45) is 6.47. The van der Waals surface area contributed by atoms with Crippen LogP contribution in [-0.4, -0.2) is 17.3 Å². The van der Waals surface area contributed by atoms with Crippen molar-refractivity contribution in [3.05, 3.63) is 56.2 Å². The highest BCUT2D eigenvalue weighted by Crippen LogP contribution is 2.66. The Balaban J connectivity index is 2.00. The highest BCUT2D eigenvalue weighted by atomic mass is 16.2. The first kappa shape index (κ1) is 25.8. The maximum atomic E-state index is 14.4. The van der Waals surface area contributed by atoms with E-state index in [1.807, 2.05) is 20.8 Å². The third kappa shape index (κ3) is 3.40. The minimum absolute atomic E-state index is 0.0930. The molecule has 0 saturated carbocycles. The smallest absolute Gasteiger partial charge is 0.190 e. The summed E-state index contributed by atoms with van der Waals surface area (Å²) in [6, 6.07) is 2.35. The monoisotopic (exact) mass is 474 g/mol. The molecule has 35 heavy (non-hydrogen) atoms. The van der Waals surface area contributed by atoms with Gasteiger partial charge in [0.25, 0.3) is 0 Å². The van der Waals surface area contributed by atoms with Crippen LogP contribution in [0.1, 0.15) is 114 Å². The molecule has 3 nitrogen and oxygen atoms in total. The number of carbonyl (C=O) groups is 3. The zero-order valence-electron chi connectivity index (χ0n) is 23.3. The molecule has 4 rings (SSSR count). The minimum Gasteiger partial charge on any atom is -0.294 e. The number of benzene rings is 1. The van der Waals surface area contributed by atoms with E-state index in [4.69, 9.17) is 0 Å². The summed E-state index contributed by atoms with van der Waals surface area (Å²) in [5, 5.41) is 0. The van der Waals surface area contributed by atoms with Crippen molar-refractivity contribution in [3.63, 3.8) is 0 Å². The second-order valence-electron chi connectivity index (χ2n) is 12.3. The van der Waals surface area contributed by atoms with Crippen LogP contribution in [0.25, 0.3) is 0 Å². The number of hydrogen-bond donors (Lipinski definition) is 0. The zero-order valence-corrected chi connectivity index (χ0v) is 23.3. The van der Waals surface area contributed by atoms with Crippen molar-refractivity contribution in [2.75, 3.05) is 0 Å². The van der Waals surface area contributed by atoms with Crippen molar-refractivity contribution < 1.29 is 14.4 Å². The van der Waals surface area contributed by atoms with Gasteiger partial charge in [0, 0.05) is 16.6 Å². The molecule has 0 spiro atoms. The van der Waals surface area contributed by atoms with Gasteiger partial charge in [0.05, 0.1) is 11.0 Å². The van der Waals surface area contributed by atoms with Gasteiger partial charge >= 0.3 is 0 Å². The lowest BCUT2D eigenvalue weighted by molar-refractivity contribution is -0.134. The van der Waals surface area contributed by atoms with Crippen LogP contribution in [0.15, 0.2) is 28.4 Å². The number of ketones is 3. The standard InChI is InChI=1S/C32H42O3/c1-10-12-13-23-14-22(11-2)19(4)26-24(23)16-30(7)17-31(8)15-18(3)25(21(6)33)29(35)32(31,9)20(5)27(30)28(26)34/h14H,10-13,15-17H2,1-9H3. The van der Waals surface area contributed by atoms with E-state index in [9.17, 15) is 14.4 Å². The number of Topliss-reactive ketones (excluding diaryl/α,β-unsaturated/α-hetero) is 3. The van der Waals surface area contributed by atoms with Crippen molar-refractivity contribution in [1.82, 2.24) is 0 Å². The molecule has 188 valence electrons.